The van der Waals surface area contributed by atoms with Crippen molar-refractivity contribution in [2.24, 2.45) is 0 Å². The molecule has 1 saturated carbocycles. The van der Waals surface area contributed by atoms with E-state index < -0.39 is 24.0 Å². The molecule has 0 aromatic heterocycles. The zero-order valence-corrected chi connectivity index (χ0v) is 12.0. The lowest BCUT2D eigenvalue weighted by Crippen LogP contribution is -2.46. The van der Waals surface area contributed by atoms with Crippen molar-refractivity contribution in [3.63, 3.8) is 0 Å². The van der Waals surface area contributed by atoms with Crippen LogP contribution in [0.5, 0.6) is 0 Å². The maximum atomic E-state index is 11.8. The number of nitrogens with zero attached hydrogens (tertiary/aromatic N) is 2. The van der Waals surface area contributed by atoms with Crippen LogP contribution in [-0.2, 0) is 9.53 Å². The fourth-order valence-electron chi connectivity index (χ4n) is 2.44. The summed E-state index contributed by atoms with van der Waals surface area (Å²) in [4.78, 5) is 23.6. The van der Waals surface area contributed by atoms with Gasteiger partial charge in [-0.15, -0.1) is 0 Å². The van der Waals surface area contributed by atoms with Gasteiger partial charge in [-0.2, -0.15) is 10.5 Å². The first-order valence-corrected chi connectivity index (χ1v) is 6.98. The van der Waals surface area contributed by atoms with E-state index in [9.17, 15) is 14.9 Å². The van der Waals surface area contributed by atoms with Crippen molar-refractivity contribution in [1.82, 2.24) is 5.32 Å². The van der Waals surface area contributed by atoms with Crippen molar-refractivity contribution in [2.75, 3.05) is 6.61 Å². The Morgan fingerprint density at radius 2 is 1.82 bits per heavy atom. The quantitative estimate of drug-likeness (QED) is 0.851. The van der Waals surface area contributed by atoms with Gasteiger partial charge >= 0.3 is 5.97 Å². The van der Waals surface area contributed by atoms with Gasteiger partial charge in [-0.05, 0) is 49.9 Å². The van der Waals surface area contributed by atoms with E-state index in [1.165, 1.54) is 24.3 Å². The maximum absolute atomic E-state index is 11.8. The summed E-state index contributed by atoms with van der Waals surface area (Å²) < 4.78 is 4.92. The summed E-state index contributed by atoms with van der Waals surface area (Å²) in [6, 6.07) is 10.0. The molecule has 0 saturated heterocycles. The summed E-state index contributed by atoms with van der Waals surface area (Å²) in [6.07, 6.45) is 3.05. The molecule has 0 radical (unpaired) electrons. The van der Waals surface area contributed by atoms with Crippen LogP contribution in [0.2, 0.25) is 0 Å². The van der Waals surface area contributed by atoms with Gasteiger partial charge in [0, 0.05) is 0 Å². The van der Waals surface area contributed by atoms with Gasteiger partial charge in [0.25, 0.3) is 5.91 Å². The molecule has 0 atom stereocenters. The Hall–Kier alpha value is -2.86. The number of hydrogen-bond acceptors (Lipinski definition) is 5. The van der Waals surface area contributed by atoms with Gasteiger partial charge in [0.05, 0.1) is 23.3 Å². The summed E-state index contributed by atoms with van der Waals surface area (Å²) in [7, 11) is 0. The smallest absolute Gasteiger partial charge is 0.338 e. The Labute approximate surface area is 128 Å². The molecule has 6 heteroatoms. The SMILES string of the molecule is N#Cc1ccc(C(=O)OCC(=O)NC2(C#N)CCCC2)cc1. The second-order valence-electron chi connectivity index (χ2n) is 5.21. The average molecular weight is 297 g/mol. The van der Waals surface area contributed by atoms with Crippen molar-refractivity contribution < 1.29 is 14.3 Å². The molecule has 1 aliphatic carbocycles. The monoisotopic (exact) mass is 297 g/mol. The van der Waals surface area contributed by atoms with Crippen LogP contribution in [0.3, 0.4) is 0 Å². The Bertz CT molecular complexity index is 647. The van der Waals surface area contributed by atoms with Crippen molar-refractivity contribution in [1.29, 1.82) is 10.5 Å². The molecule has 1 fully saturated rings. The number of carbonyl (C=O) groups is 2. The first-order valence-electron chi connectivity index (χ1n) is 6.98. The molecule has 1 aromatic carbocycles. The largest absolute Gasteiger partial charge is 0.452 e. The molecule has 0 bridgehead atoms. The number of nitrogens with one attached hydrogen (secondary N) is 1. The number of nitriles is 2. The highest BCUT2D eigenvalue weighted by molar-refractivity contribution is 5.91. The molecule has 6 nitrogen and oxygen atoms in total. The predicted octanol–water partition coefficient (Wildman–Crippen LogP) is 1.67. The van der Waals surface area contributed by atoms with E-state index >= 15 is 0 Å². The van der Waals surface area contributed by atoms with E-state index in [0.29, 0.717) is 18.4 Å². The van der Waals surface area contributed by atoms with Crippen LogP contribution in [0.15, 0.2) is 24.3 Å². The molecular weight excluding hydrogens is 282 g/mol. The molecule has 0 unspecified atom stereocenters. The second-order valence-corrected chi connectivity index (χ2v) is 5.21. The van der Waals surface area contributed by atoms with Crippen molar-refractivity contribution >= 4 is 11.9 Å². The van der Waals surface area contributed by atoms with Crippen molar-refractivity contribution in [3.8, 4) is 12.1 Å². The number of ether oxygens (including phenoxy) is 1. The molecule has 1 amide bonds. The molecule has 0 heterocycles. The summed E-state index contributed by atoms with van der Waals surface area (Å²) in [6.45, 7) is -0.428. The number of carbonyl (C=O) groups excluding carboxylic acids is 2. The maximum Gasteiger partial charge on any atom is 0.338 e. The van der Waals surface area contributed by atoms with Crippen LogP contribution >= 0.6 is 0 Å². The van der Waals surface area contributed by atoms with Gasteiger partial charge < -0.3 is 10.1 Å². The second kappa shape index (κ2) is 6.73. The number of hydrogen-bond donors (Lipinski definition) is 1. The minimum absolute atomic E-state index is 0.266. The van der Waals surface area contributed by atoms with Crippen LogP contribution in [-0.4, -0.2) is 24.0 Å². The van der Waals surface area contributed by atoms with Crippen molar-refractivity contribution in [3.05, 3.63) is 35.4 Å². The van der Waals surface area contributed by atoms with Crippen LogP contribution in [0.25, 0.3) is 0 Å². The van der Waals surface area contributed by atoms with E-state index in [1.54, 1.807) is 0 Å². The third-order valence-corrected chi connectivity index (χ3v) is 3.63. The first kappa shape index (κ1) is 15.5. The molecule has 0 spiro atoms. The lowest BCUT2D eigenvalue weighted by molar-refractivity contribution is -0.125. The number of rotatable bonds is 4. The zero-order valence-electron chi connectivity index (χ0n) is 12.0. The lowest BCUT2D eigenvalue weighted by atomic mass is 10.00. The van der Waals surface area contributed by atoms with Crippen LogP contribution in [0.4, 0.5) is 0 Å². The highest BCUT2D eigenvalue weighted by Crippen LogP contribution is 2.28. The van der Waals surface area contributed by atoms with Gasteiger partial charge in [0.1, 0.15) is 5.54 Å². The van der Waals surface area contributed by atoms with E-state index in [0.717, 1.165) is 12.8 Å². The number of amides is 1. The molecule has 2 rings (SSSR count). The summed E-state index contributed by atoms with van der Waals surface area (Å²) >= 11 is 0. The Morgan fingerprint density at radius 3 is 2.36 bits per heavy atom. The van der Waals surface area contributed by atoms with E-state index in [-0.39, 0.29) is 5.56 Å². The average Bonchev–Trinajstić information content (AvgIpc) is 3.01. The summed E-state index contributed by atoms with van der Waals surface area (Å²) in [5.74, 6) is -1.12. The molecule has 1 aromatic rings. The number of benzene rings is 1. The standard InChI is InChI=1S/C16H15N3O3/c17-9-12-3-5-13(6-4-12)15(21)22-10-14(20)19-16(11-18)7-1-2-8-16/h3-6H,1-2,7-8,10H2,(H,19,20). The highest BCUT2D eigenvalue weighted by Gasteiger charge is 2.35. The number of esters is 1. The first-order chi connectivity index (χ1) is 10.6. The minimum Gasteiger partial charge on any atom is -0.452 e. The summed E-state index contributed by atoms with van der Waals surface area (Å²) in [5, 5.41) is 20.5. The Kier molecular flexibility index (Phi) is 4.75. The Morgan fingerprint density at radius 1 is 1.18 bits per heavy atom. The van der Waals surface area contributed by atoms with Gasteiger partial charge in [0.15, 0.2) is 6.61 Å². The molecule has 1 N–H and O–H groups in total. The molecule has 22 heavy (non-hydrogen) atoms. The van der Waals surface area contributed by atoms with Crippen LogP contribution in [0, 0.1) is 22.7 Å². The zero-order chi connectivity index (χ0) is 16.0. The Balaban J connectivity index is 1.86. The highest BCUT2D eigenvalue weighted by atomic mass is 16.5. The summed E-state index contributed by atoms with van der Waals surface area (Å²) in [5.41, 5.74) is -0.119. The van der Waals surface area contributed by atoms with E-state index in [2.05, 4.69) is 11.4 Å². The van der Waals surface area contributed by atoms with E-state index in [1.807, 2.05) is 6.07 Å². The van der Waals surface area contributed by atoms with Gasteiger partial charge in [-0.1, -0.05) is 0 Å². The third kappa shape index (κ3) is 3.62. The molecule has 0 aliphatic heterocycles. The fraction of sp³-hybridized carbons (Fsp3) is 0.375. The molecular formula is C16H15N3O3. The van der Waals surface area contributed by atoms with Crippen LogP contribution in [0.1, 0.15) is 41.6 Å². The topological polar surface area (TPSA) is 103 Å². The van der Waals surface area contributed by atoms with Gasteiger partial charge in [0.2, 0.25) is 0 Å². The van der Waals surface area contributed by atoms with Crippen molar-refractivity contribution in [2.45, 2.75) is 31.2 Å². The fourth-order valence-corrected chi connectivity index (χ4v) is 2.44. The third-order valence-electron chi connectivity index (χ3n) is 3.63. The van der Waals surface area contributed by atoms with Gasteiger partial charge in [-0.25, -0.2) is 4.79 Å². The predicted molar refractivity (Wildman–Crippen MR) is 76.4 cm³/mol. The molecule has 112 valence electrons. The van der Waals surface area contributed by atoms with Gasteiger partial charge in [-0.3, -0.25) is 4.79 Å². The normalized spacial score (nSPS) is 15.4. The molecule has 1 aliphatic rings. The van der Waals surface area contributed by atoms with E-state index in [4.69, 9.17) is 10.00 Å². The lowest BCUT2D eigenvalue weighted by Gasteiger charge is -2.21. The minimum atomic E-state index is -0.821. The van der Waals surface area contributed by atoms with Crippen LogP contribution < -0.4 is 5.32 Å².